The molecule has 0 spiro atoms. The topological polar surface area (TPSA) is 50.4 Å². The second-order valence-corrected chi connectivity index (χ2v) is 6.80. The van der Waals surface area contributed by atoms with Crippen LogP contribution in [0.2, 0.25) is 0 Å². The van der Waals surface area contributed by atoms with Gasteiger partial charge in [-0.3, -0.25) is 0 Å². The number of carbonyl (C=O) groups excluding carboxylic acids is 1. The zero-order valence-electron chi connectivity index (χ0n) is 12.9. The third-order valence-electron chi connectivity index (χ3n) is 5.36. The van der Waals surface area contributed by atoms with Crippen molar-refractivity contribution < 1.29 is 9.53 Å². The van der Waals surface area contributed by atoms with Crippen molar-refractivity contribution in [1.82, 2.24) is 10.6 Å². The van der Waals surface area contributed by atoms with Crippen molar-refractivity contribution in [2.45, 2.75) is 50.2 Å². The summed E-state index contributed by atoms with van der Waals surface area (Å²) in [4.78, 5) is 12.0. The van der Waals surface area contributed by atoms with Gasteiger partial charge in [0.05, 0.1) is 6.10 Å². The average Bonchev–Trinajstić information content (AvgIpc) is 3.05. The summed E-state index contributed by atoms with van der Waals surface area (Å²) in [6.45, 7) is 1.58. The summed E-state index contributed by atoms with van der Waals surface area (Å²) in [6, 6.07) is 8.93. The maximum Gasteiger partial charge on any atom is 0.315 e. The van der Waals surface area contributed by atoms with Gasteiger partial charge in [-0.15, -0.1) is 0 Å². The molecule has 2 N–H and O–H groups in total. The van der Waals surface area contributed by atoms with Crippen LogP contribution in [0.15, 0.2) is 24.3 Å². The summed E-state index contributed by atoms with van der Waals surface area (Å²) in [6.07, 6.45) is 5.93. The summed E-state index contributed by atoms with van der Waals surface area (Å²) in [5, 5.41) is 6.13. The van der Waals surface area contributed by atoms with Crippen LogP contribution in [0, 0.1) is 5.92 Å². The monoisotopic (exact) mass is 300 g/mol. The Bertz CT molecular complexity index is 554. The smallest absolute Gasteiger partial charge is 0.315 e. The van der Waals surface area contributed by atoms with Crippen LogP contribution >= 0.6 is 0 Å². The zero-order valence-corrected chi connectivity index (χ0v) is 12.9. The van der Waals surface area contributed by atoms with E-state index in [1.54, 1.807) is 0 Å². The Morgan fingerprint density at radius 3 is 3.05 bits per heavy atom. The lowest BCUT2D eigenvalue weighted by atomic mass is 10.1. The number of rotatable bonds is 4. The van der Waals surface area contributed by atoms with Gasteiger partial charge in [-0.05, 0) is 49.1 Å². The van der Waals surface area contributed by atoms with Crippen LogP contribution in [0.5, 0.6) is 0 Å². The first-order valence-corrected chi connectivity index (χ1v) is 8.57. The molecular weight excluding hydrogens is 276 g/mol. The van der Waals surface area contributed by atoms with Crippen LogP contribution in [0.4, 0.5) is 4.79 Å². The fourth-order valence-corrected chi connectivity index (χ4v) is 4.13. The first kappa shape index (κ1) is 14.1. The first-order chi connectivity index (χ1) is 10.8. The molecule has 2 aliphatic carbocycles. The van der Waals surface area contributed by atoms with Gasteiger partial charge in [0, 0.05) is 25.1 Å². The molecular formula is C18H24N2O2. The SMILES string of the molecule is O=C(NCCC1CCCCO1)NC1C2Cc3ccccc3C21. The molecule has 1 saturated heterocycles. The Kier molecular flexibility index (Phi) is 3.78. The molecule has 1 aromatic carbocycles. The number of carbonyl (C=O) groups is 1. The third kappa shape index (κ3) is 2.72. The minimum absolute atomic E-state index is 0.0207. The number of hydrogen-bond donors (Lipinski definition) is 2. The van der Waals surface area contributed by atoms with Gasteiger partial charge in [-0.2, -0.15) is 0 Å². The molecule has 4 rings (SSSR count). The molecule has 0 radical (unpaired) electrons. The quantitative estimate of drug-likeness (QED) is 0.898. The number of benzene rings is 1. The van der Waals surface area contributed by atoms with E-state index >= 15 is 0 Å². The molecule has 4 heteroatoms. The van der Waals surface area contributed by atoms with Crippen molar-refractivity contribution in [1.29, 1.82) is 0 Å². The van der Waals surface area contributed by atoms with Crippen molar-refractivity contribution in [3.63, 3.8) is 0 Å². The van der Waals surface area contributed by atoms with E-state index in [9.17, 15) is 4.79 Å². The van der Waals surface area contributed by atoms with Gasteiger partial charge in [-0.1, -0.05) is 24.3 Å². The summed E-state index contributed by atoms with van der Waals surface area (Å²) < 4.78 is 5.68. The summed E-state index contributed by atoms with van der Waals surface area (Å²) in [5.41, 5.74) is 2.90. The molecule has 1 saturated carbocycles. The second kappa shape index (κ2) is 5.92. The number of urea groups is 1. The molecule has 4 atom stereocenters. The maximum atomic E-state index is 12.0. The molecule has 4 unspecified atom stereocenters. The Morgan fingerprint density at radius 1 is 1.27 bits per heavy atom. The van der Waals surface area contributed by atoms with Crippen molar-refractivity contribution >= 4 is 6.03 Å². The highest BCUT2D eigenvalue weighted by molar-refractivity contribution is 5.75. The van der Waals surface area contributed by atoms with E-state index in [0.29, 0.717) is 30.5 Å². The minimum Gasteiger partial charge on any atom is -0.378 e. The molecule has 22 heavy (non-hydrogen) atoms. The first-order valence-electron chi connectivity index (χ1n) is 8.57. The fourth-order valence-electron chi connectivity index (χ4n) is 4.13. The molecule has 2 amide bonds. The maximum absolute atomic E-state index is 12.0. The van der Waals surface area contributed by atoms with Gasteiger partial charge >= 0.3 is 6.03 Å². The molecule has 0 bridgehead atoms. The highest BCUT2D eigenvalue weighted by atomic mass is 16.5. The van der Waals surface area contributed by atoms with Crippen molar-refractivity contribution in [3.8, 4) is 0 Å². The molecule has 2 fully saturated rings. The molecule has 1 heterocycles. The standard InChI is InChI=1S/C18H24N2O2/c21-18(19-9-8-13-6-3-4-10-22-13)20-17-15-11-12-5-1-2-7-14(12)16(15)17/h1-2,5,7,13,15-17H,3-4,6,8-11H2,(H2,19,20,21). The van der Waals surface area contributed by atoms with Crippen LogP contribution in [0.3, 0.4) is 0 Å². The second-order valence-electron chi connectivity index (χ2n) is 6.80. The van der Waals surface area contributed by atoms with Crippen molar-refractivity contribution in [3.05, 3.63) is 35.4 Å². The normalized spacial score (nSPS) is 32.0. The van der Waals surface area contributed by atoms with Gasteiger partial charge in [0.1, 0.15) is 0 Å². The van der Waals surface area contributed by atoms with E-state index in [4.69, 9.17) is 4.74 Å². The number of amides is 2. The predicted molar refractivity (Wildman–Crippen MR) is 84.9 cm³/mol. The van der Waals surface area contributed by atoms with Crippen molar-refractivity contribution in [2.75, 3.05) is 13.2 Å². The fraction of sp³-hybridized carbons (Fsp3) is 0.611. The zero-order chi connectivity index (χ0) is 14.9. The van der Waals surface area contributed by atoms with E-state index in [0.717, 1.165) is 25.9 Å². The van der Waals surface area contributed by atoms with E-state index in [1.165, 1.54) is 24.0 Å². The molecule has 4 nitrogen and oxygen atoms in total. The summed E-state index contributed by atoms with van der Waals surface area (Å²) in [7, 11) is 0. The molecule has 3 aliphatic rings. The summed E-state index contributed by atoms with van der Waals surface area (Å²) >= 11 is 0. The Balaban J connectivity index is 1.20. The highest BCUT2D eigenvalue weighted by Crippen LogP contribution is 2.56. The number of hydrogen-bond acceptors (Lipinski definition) is 2. The molecule has 1 aromatic rings. The van der Waals surface area contributed by atoms with Crippen LogP contribution in [-0.4, -0.2) is 31.3 Å². The van der Waals surface area contributed by atoms with Gasteiger partial charge < -0.3 is 15.4 Å². The van der Waals surface area contributed by atoms with Crippen molar-refractivity contribution in [2.24, 2.45) is 5.92 Å². The van der Waals surface area contributed by atoms with Crippen LogP contribution in [0.25, 0.3) is 0 Å². The van der Waals surface area contributed by atoms with Gasteiger partial charge in [0.2, 0.25) is 0 Å². The third-order valence-corrected chi connectivity index (χ3v) is 5.36. The molecule has 1 aliphatic heterocycles. The van der Waals surface area contributed by atoms with Gasteiger partial charge in [0.25, 0.3) is 0 Å². The highest BCUT2D eigenvalue weighted by Gasteiger charge is 2.56. The van der Waals surface area contributed by atoms with Gasteiger partial charge in [-0.25, -0.2) is 4.79 Å². The van der Waals surface area contributed by atoms with E-state index in [1.807, 2.05) is 0 Å². The van der Waals surface area contributed by atoms with Crippen LogP contribution < -0.4 is 10.6 Å². The van der Waals surface area contributed by atoms with E-state index in [-0.39, 0.29) is 6.03 Å². The summed E-state index contributed by atoms with van der Waals surface area (Å²) in [5.74, 6) is 1.16. The largest absolute Gasteiger partial charge is 0.378 e. The Labute approximate surface area is 131 Å². The van der Waals surface area contributed by atoms with Gasteiger partial charge in [0.15, 0.2) is 0 Å². The molecule has 0 aromatic heterocycles. The number of ether oxygens (including phenoxy) is 1. The number of nitrogens with one attached hydrogen (secondary N) is 2. The van der Waals surface area contributed by atoms with Crippen LogP contribution in [-0.2, 0) is 11.2 Å². The lowest BCUT2D eigenvalue weighted by Gasteiger charge is -2.22. The molecule has 118 valence electrons. The lowest BCUT2D eigenvalue weighted by Crippen LogP contribution is -2.39. The Hall–Kier alpha value is -1.55. The minimum atomic E-state index is -0.0207. The van der Waals surface area contributed by atoms with E-state index in [2.05, 4.69) is 34.9 Å². The predicted octanol–water partition coefficient (Wildman–Crippen LogP) is 2.58. The van der Waals surface area contributed by atoms with E-state index < -0.39 is 0 Å². The van der Waals surface area contributed by atoms with Crippen LogP contribution in [0.1, 0.15) is 42.7 Å². The number of fused-ring (bicyclic) bond motifs is 3. The lowest BCUT2D eigenvalue weighted by molar-refractivity contribution is 0.0120. The average molecular weight is 300 g/mol. The Morgan fingerprint density at radius 2 is 2.18 bits per heavy atom.